The maximum atomic E-state index is 12.4. The molecule has 0 radical (unpaired) electrons. The first-order valence-corrected chi connectivity index (χ1v) is 7.60. The van der Waals surface area contributed by atoms with Crippen molar-refractivity contribution in [2.24, 2.45) is 0 Å². The lowest BCUT2D eigenvalue weighted by atomic mass is 10.2. The van der Waals surface area contributed by atoms with Gasteiger partial charge in [0, 0.05) is 16.1 Å². The zero-order valence-corrected chi connectivity index (χ0v) is 13.7. The topological polar surface area (TPSA) is 55.5 Å². The number of aliphatic hydroxyl groups is 1. The van der Waals surface area contributed by atoms with Gasteiger partial charge < -0.3 is 14.3 Å². The van der Waals surface area contributed by atoms with Crippen LogP contribution in [0.25, 0.3) is 22.6 Å². The van der Waals surface area contributed by atoms with Crippen molar-refractivity contribution in [3.8, 4) is 17.2 Å². The first-order chi connectivity index (χ1) is 11.0. The van der Waals surface area contributed by atoms with Gasteiger partial charge in [-0.1, -0.05) is 17.7 Å². The van der Waals surface area contributed by atoms with Crippen molar-refractivity contribution in [3.05, 3.63) is 45.4 Å². The van der Waals surface area contributed by atoms with Crippen LogP contribution in [-0.2, 0) is 6.61 Å². The number of oxazole rings is 1. The summed E-state index contributed by atoms with van der Waals surface area (Å²) < 4.78 is 35.5. The Hall–Kier alpha value is -1.70. The van der Waals surface area contributed by atoms with Crippen LogP contribution in [-0.4, -0.2) is 16.7 Å². The molecule has 0 saturated carbocycles. The molecule has 0 atom stereocenters. The van der Waals surface area contributed by atoms with Crippen molar-refractivity contribution < 1.29 is 23.0 Å². The minimum absolute atomic E-state index is 0.155. The molecule has 0 aliphatic carbocycles. The van der Waals surface area contributed by atoms with E-state index in [4.69, 9.17) is 16.0 Å². The van der Waals surface area contributed by atoms with E-state index in [0.29, 0.717) is 20.6 Å². The van der Waals surface area contributed by atoms with Crippen LogP contribution in [0.15, 0.2) is 39.2 Å². The summed E-state index contributed by atoms with van der Waals surface area (Å²) in [6.45, 7) is -3.46. The number of hydrogen-bond donors (Lipinski definition) is 1. The zero-order valence-electron chi connectivity index (χ0n) is 11.4. The Balaban J connectivity index is 2.13. The van der Waals surface area contributed by atoms with Crippen LogP contribution in [0.3, 0.4) is 0 Å². The molecule has 2 aromatic carbocycles. The van der Waals surface area contributed by atoms with Crippen LogP contribution in [0.2, 0.25) is 5.02 Å². The number of ether oxygens (including phenoxy) is 1. The lowest BCUT2D eigenvalue weighted by molar-refractivity contribution is -0.0508. The molecule has 23 heavy (non-hydrogen) atoms. The van der Waals surface area contributed by atoms with E-state index in [1.165, 1.54) is 12.1 Å². The van der Waals surface area contributed by atoms with Gasteiger partial charge in [-0.05, 0) is 34.1 Å². The Morgan fingerprint density at radius 3 is 2.83 bits per heavy atom. The molecule has 0 aliphatic heterocycles. The normalized spacial score (nSPS) is 11.4. The highest BCUT2D eigenvalue weighted by Crippen LogP contribution is 2.36. The van der Waals surface area contributed by atoms with Crippen LogP contribution in [0, 0.1) is 0 Å². The van der Waals surface area contributed by atoms with Crippen molar-refractivity contribution in [1.82, 2.24) is 4.98 Å². The SMILES string of the molecule is OCc1cc2nc(-c3cccc(Br)c3Cl)oc2cc1OC(F)F. The van der Waals surface area contributed by atoms with Crippen LogP contribution in [0.1, 0.15) is 5.56 Å². The van der Waals surface area contributed by atoms with E-state index in [9.17, 15) is 13.9 Å². The molecule has 0 aliphatic rings. The predicted octanol–water partition coefficient (Wildman–Crippen LogP) is 5.00. The van der Waals surface area contributed by atoms with Crippen LogP contribution < -0.4 is 4.74 Å². The fraction of sp³-hybridized carbons (Fsp3) is 0.133. The average molecular weight is 405 g/mol. The number of hydrogen-bond acceptors (Lipinski definition) is 4. The molecule has 8 heteroatoms. The number of alkyl halides is 2. The Morgan fingerprint density at radius 2 is 2.13 bits per heavy atom. The number of halogens is 4. The quantitative estimate of drug-likeness (QED) is 0.664. The van der Waals surface area contributed by atoms with Crippen LogP contribution in [0.4, 0.5) is 8.78 Å². The molecule has 4 nitrogen and oxygen atoms in total. The summed E-state index contributed by atoms with van der Waals surface area (Å²) in [6, 6.07) is 7.97. The standard InChI is InChI=1S/C15H9BrClF2NO3/c16-9-3-1-2-8(13(9)17)14-20-10-4-7(6-21)11(23-15(18)19)5-12(10)22-14/h1-5,15,21H,6H2. The lowest BCUT2D eigenvalue weighted by Crippen LogP contribution is -2.04. The monoisotopic (exact) mass is 403 g/mol. The Morgan fingerprint density at radius 1 is 1.35 bits per heavy atom. The van der Waals surface area contributed by atoms with Crippen molar-refractivity contribution >= 4 is 38.6 Å². The summed E-state index contributed by atoms with van der Waals surface area (Å²) in [7, 11) is 0. The molecule has 1 N–H and O–H groups in total. The van der Waals surface area contributed by atoms with E-state index < -0.39 is 13.2 Å². The Bertz CT molecular complexity index is 869. The molecule has 120 valence electrons. The first-order valence-electron chi connectivity index (χ1n) is 6.43. The highest BCUT2D eigenvalue weighted by Gasteiger charge is 2.17. The molecular weight excluding hydrogens is 396 g/mol. The van der Waals surface area contributed by atoms with Crippen LogP contribution in [0.5, 0.6) is 5.75 Å². The first kappa shape index (κ1) is 16.2. The van der Waals surface area contributed by atoms with Crippen LogP contribution >= 0.6 is 27.5 Å². The van der Waals surface area contributed by atoms with Gasteiger partial charge in [0.1, 0.15) is 11.3 Å². The van der Waals surface area contributed by atoms with Gasteiger partial charge in [0.25, 0.3) is 0 Å². The van der Waals surface area contributed by atoms with E-state index >= 15 is 0 Å². The summed E-state index contributed by atoms with van der Waals surface area (Å²) in [5, 5.41) is 9.71. The number of benzene rings is 2. The molecule has 1 aromatic heterocycles. The zero-order chi connectivity index (χ0) is 16.6. The van der Waals surface area contributed by atoms with E-state index in [-0.39, 0.29) is 22.8 Å². The fourth-order valence-corrected chi connectivity index (χ4v) is 2.68. The molecular formula is C15H9BrClF2NO3. The molecule has 0 spiro atoms. The molecule has 3 rings (SSSR count). The fourth-order valence-electron chi connectivity index (χ4n) is 2.11. The number of aromatic nitrogens is 1. The highest BCUT2D eigenvalue weighted by atomic mass is 79.9. The van der Waals surface area contributed by atoms with Crippen molar-refractivity contribution in [2.45, 2.75) is 13.2 Å². The number of aliphatic hydroxyl groups excluding tert-OH is 1. The second-order valence-electron chi connectivity index (χ2n) is 4.58. The largest absolute Gasteiger partial charge is 0.436 e. The maximum absolute atomic E-state index is 12.4. The average Bonchev–Trinajstić information content (AvgIpc) is 2.91. The van der Waals surface area contributed by atoms with E-state index in [0.717, 1.165) is 0 Å². The molecule has 0 unspecified atom stereocenters. The van der Waals surface area contributed by atoms with Gasteiger partial charge in [0.15, 0.2) is 5.58 Å². The summed E-state index contributed by atoms with van der Waals surface area (Å²) in [5.74, 6) is 0.0856. The van der Waals surface area contributed by atoms with Gasteiger partial charge in [-0.25, -0.2) is 4.98 Å². The van der Waals surface area contributed by atoms with Gasteiger partial charge in [0.2, 0.25) is 5.89 Å². The smallest absolute Gasteiger partial charge is 0.387 e. The maximum Gasteiger partial charge on any atom is 0.387 e. The minimum Gasteiger partial charge on any atom is -0.436 e. The van der Waals surface area contributed by atoms with E-state index in [1.54, 1.807) is 18.2 Å². The third-order valence-electron chi connectivity index (χ3n) is 3.14. The van der Waals surface area contributed by atoms with Crippen molar-refractivity contribution in [3.63, 3.8) is 0 Å². The molecule has 3 aromatic rings. The number of fused-ring (bicyclic) bond motifs is 1. The summed E-state index contributed by atoms with van der Waals surface area (Å²) in [6.07, 6.45) is 0. The van der Waals surface area contributed by atoms with Gasteiger partial charge in [-0.2, -0.15) is 8.78 Å². The predicted molar refractivity (Wildman–Crippen MR) is 84.7 cm³/mol. The second kappa shape index (κ2) is 6.43. The number of nitrogens with zero attached hydrogens (tertiary/aromatic N) is 1. The molecule has 0 fully saturated rings. The van der Waals surface area contributed by atoms with Gasteiger partial charge >= 0.3 is 6.61 Å². The van der Waals surface area contributed by atoms with Crippen molar-refractivity contribution in [2.75, 3.05) is 0 Å². The third-order valence-corrected chi connectivity index (χ3v) is 4.44. The molecule has 0 bridgehead atoms. The second-order valence-corrected chi connectivity index (χ2v) is 5.82. The Labute approximate surface area is 142 Å². The van der Waals surface area contributed by atoms with E-state index in [1.807, 2.05) is 0 Å². The summed E-state index contributed by atoms with van der Waals surface area (Å²) in [4.78, 5) is 4.29. The molecule has 0 saturated heterocycles. The van der Waals surface area contributed by atoms with Gasteiger partial charge in [0.05, 0.1) is 17.2 Å². The summed E-state index contributed by atoms with van der Waals surface area (Å²) >= 11 is 9.51. The Kier molecular flexibility index (Phi) is 4.52. The van der Waals surface area contributed by atoms with E-state index in [2.05, 4.69) is 25.7 Å². The number of rotatable bonds is 4. The summed E-state index contributed by atoms with van der Waals surface area (Å²) in [5.41, 5.74) is 1.41. The lowest BCUT2D eigenvalue weighted by Gasteiger charge is -2.08. The molecule has 0 amide bonds. The minimum atomic E-state index is -3.00. The van der Waals surface area contributed by atoms with Gasteiger partial charge in [-0.3, -0.25) is 0 Å². The highest BCUT2D eigenvalue weighted by molar-refractivity contribution is 9.10. The van der Waals surface area contributed by atoms with Gasteiger partial charge in [-0.15, -0.1) is 0 Å². The molecule has 1 heterocycles. The van der Waals surface area contributed by atoms with Crippen molar-refractivity contribution in [1.29, 1.82) is 0 Å². The third kappa shape index (κ3) is 3.17.